The van der Waals surface area contributed by atoms with Gasteiger partial charge < -0.3 is 15.7 Å². The van der Waals surface area contributed by atoms with Gasteiger partial charge in [0.15, 0.2) is 0 Å². The molecule has 0 aliphatic rings. The van der Waals surface area contributed by atoms with Crippen LogP contribution in [-0.4, -0.2) is 9.97 Å². The van der Waals surface area contributed by atoms with Crippen molar-refractivity contribution in [2.45, 2.75) is 20.4 Å². The summed E-state index contributed by atoms with van der Waals surface area (Å²) in [5.74, 6) is 0. The van der Waals surface area contributed by atoms with Crippen LogP contribution < -0.4 is 5.73 Å². The minimum atomic E-state index is 0.571. The van der Waals surface area contributed by atoms with Crippen molar-refractivity contribution < 1.29 is 0 Å². The van der Waals surface area contributed by atoms with Crippen LogP contribution in [0.25, 0.3) is 22.3 Å². The molecule has 0 saturated heterocycles. The Labute approximate surface area is 106 Å². The van der Waals surface area contributed by atoms with Crippen molar-refractivity contribution in [2.75, 3.05) is 0 Å². The molecule has 0 radical (unpaired) electrons. The number of fused-ring (bicyclic) bond motifs is 1. The highest BCUT2D eigenvalue weighted by Gasteiger charge is 2.08. The van der Waals surface area contributed by atoms with Gasteiger partial charge in [0.05, 0.1) is 11.4 Å². The summed E-state index contributed by atoms with van der Waals surface area (Å²) >= 11 is 0. The Bertz CT molecular complexity index is 704. The molecule has 2 heterocycles. The fraction of sp³-hybridized carbons (Fsp3) is 0.200. The summed E-state index contributed by atoms with van der Waals surface area (Å²) in [5.41, 5.74) is 12.7. The Morgan fingerprint density at radius 1 is 1.06 bits per heavy atom. The summed E-state index contributed by atoms with van der Waals surface area (Å²) in [6.45, 7) is 4.76. The molecule has 3 aromatic rings. The van der Waals surface area contributed by atoms with Gasteiger partial charge in [-0.05, 0) is 43.2 Å². The van der Waals surface area contributed by atoms with E-state index in [1.807, 2.05) is 0 Å². The van der Waals surface area contributed by atoms with Gasteiger partial charge in [-0.1, -0.05) is 12.1 Å². The second-order valence-electron chi connectivity index (χ2n) is 4.76. The molecule has 0 aliphatic carbocycles. The number of H-pyrrole nitrogens is 2. The van der Waals surface area contributed by atoms with Crippen LogP contribution in [-0.2, 0) is 6.54 Å². The third-order valence-corrected chi connectivity index (χ3v) is 3.51. The number of aromatic amines is 2. The lowest BCUT2D eigenvalue weighted by molar-refractivity contribution is 1.04. The summed E-state index contributed by atoms with van der Waals surface area (Å²) in [6.07, 6.45) is 0. The zero-order valence-corrected chi connectivity index (χ0v) is 10.7. The van der Waals surface area contributed by atoms with Gasteiger partial charge in [-0.15, -0.1) is 0 Å². The van der Waals surface area contributed by atoms with Gasteiger partial charge in [-0.25, -0.2) is 0 Å². The molecular weight excluding hydrogens is 222 g/mol. The zero-order valence-electron chi connectivity index (χ0n) is 10.7. The molecule has 0 unspecified atom stereocenters. The zero-order chi connectivity index (χ0) is 12.7. The van der Waals surface area contributed by atoms with Crippen LogP contribution in [0.4, 0.5) is 0 Å². The third kappa shape index (κ3) is 1.64. The number of aryl methyl sites for hydroxylation is 2. The third-order valence-electron chi connectivity index (χ3n) is 3.51. The highest BCUT2D eigenvalue weighted by Crippen LogP contribution is 2.26. The topological polar surface area (TPSA) is 57.6 Å². The van der Waals surface area contributed by atoms with Gasteiger partial charge >= 0.3 is 0 Å². The van der Waals surface area contributed by atoms with E-state index >= 15 is 0 Å². The minimum Gasteiger partial charge on any atom is -0.357 e. The minimum absolute atomic E-state index is 0.571. The molecule has 0 spiro atoms. The number of rotatable bonds is 2. The Morgan fingerprint density at radius 3 is 2.50 bits per heavy atom. The van der Waals surface area contributed by atoms with Gasteiger partial charge in [0.2, 0.25) is 0 Å². The van der Waals surface area contributed by atoms with Gasteiger partial charge in [-0.2, -0.15) is 0 Å². The fourth-order valence-corrected chi connectivity index (χ4v) is 2.41. The number of nitrogens with one attached hydrogen (secondary N) is 2. The van der Waals surface area contributed by atoms with Crippen molar-refractivity contribution in [1.82, 2.24) is 9.97 Å². The molecule has 0 bridgehead atoms. The first-order chi connectivity index (χ1) is 8.69. The molecule has 0 aliphatic heterocycles. The maximum atomic E-state index is 5.71. The van der Waals surface area contributed by atoms with E-state index in [-0.39, 0.29) is 0 Å². The van der Waals surface area contributed by atoms with E-state index < -0.39 is 0 Å². The molecule has 2 aromatic heterocycles. The number of benzene rings is 1. The van der Waals surface area contributed by atoms with Crippen molar-refractivity contribution >= 4 is 10.9 Å². The first kappa shape index (κ1) is 11.1. The molecule has 0 saturated carbocycles. The number of hydrogen-bond donors (Lipinski definition) is 3. The van der Waals surface area contributed by atoms with Crippen molar-refractivity contribution in [3.8, 4) is 11.4 Å². The van der Waals surface area contributed by atoms with Crippen LogP contribution in [0.3, 0.4) is 0 Å². The number of aromatic nitrogens is 2. The second-order valence-corrected chi connectivity index (χ2v) is 4.76. The number of hydrogen-bond acceptors (Lipinski definition) is 1. The highest BCUT2D eigenvalue weighted by atomic mass is 14.8. The Balaban J connectivity index is 2.16. The largest absolute Gasteiger partial charge is 0.357 e. The average Bonchev–Trinajstić information content (AvgIpc) is 2.93. The van der Waals surface area contributed by atoms with Gasteiger partial charge in [0, 0.05) is 23.1 Å². The van der Waals surface area contributed by atoms with E-state index in [2.05, 4.69) is 54.1 Å². The standard InChI is InChI=1S/C15H17N3/c1-9-4-3-5-13-12(9)7-15(18-13)14-6-11(8-16)10(2)17-14/h3-7,17-18H,8,16H2,1-2H3. The maximum absolute atomic E-state index is 5.71. The molecule has 0 atom stereocenters. The second kappa shape index (κ2) is 4.03. The van der Waals surface area contributed by atoms with E-state index in [0.29, 0.717) is 6.54 Å². The van der Waals surface area contributed by atoms with Crippen molar-refractivity contribution in [1.29, 1.82) is 0 Å². The quantitative estimate of drug-likeness (QED) is 0.631. The van der Waals surface area contributed by atoms with E-state index in [1.165, 1.54) is 22.0 Å². The smallest absolute Gasteiger partial charge is 0.0630 e. The lowest BCUT2D eigenvalue weighted by atomic mass is 10.1. The van der Waals surface area contributed by atoms with Crippen LogP contribution in [0.15, 0.2) is 30.3 Å². The molecule has 0 amide bonds. The molecule has 1 aromatic carbocycles. The SMILES string of the molecule is Cc1[nH]c(-c2cc3c(C)cccc3[nH]2)cc1CN. The monoisotopic (exact) mass is 239 g/mol. The lowest BCUT2D eigenvalue weighted by Gasteiger charge is -1.92. The van der Waals surface area contributed by atoms with E-state index in [0.717, 1.165) is 17.1 Å². The Morgan fingerprint density at radius 2 is 1.83 bits per heavy atom. The summed E-state index contributed by atoms with van der Waals surface area (Å²) in [6, 6.07) is 10.6. The maximum Gasteiger partial charge on any atom is 0.0630 e. The average molecular weight is 239 g/mol. The van der Waals surface area contributed by atoms with Crippen molar-refractivity contribution in [3.63, 3.8) is 0 Å². The molecule has 0 fully saturated rings. The fourth-order valence-electron chi connectivity index (χ4n) is 2.41. The van der Waals surface area contributed by atoms with Crippen LogP contribution >= 0.6 is 0 Å². The lowest BCUT2D eigenvalue weighted by Crippen LogP contribution is -1.95. The Kier molecular flexibility index (Phi) is 2.49. The van der Waals surface area contributed by atoms with Crippen LogP contribution in [0.2, 0.25) is 0 Å². The predicted molar refractivity (Wildman–Crippen MR) is 75.5 cm³/mol. The van der Waals surface area contributed by atoms with Gasteiger partial charge in [-0.3, -0.25) is 0 Å². The van der Waals surface area contributed by atoms with E-state index in [1.54, 1.807) is 0 Å². The van der Waals surface area contributed by atoms with Gasteiger partial charge in [0.25, 0.3) is 0 Å². The molecular formula is C15H17N3. The number of nitrogens with two attached hydrogens (primary N) is 1. The molecule has 4 N–H and O–H groups in total. The van der Waals surface area contributed by atoms with Crippen molar-refractivity contribution in [3.05, 3.63) is 47.2 Å². The first-order valence-electron chi connectivity index (χ1n) is 6.16. The van der Waals surface area contributed by atoms with E-state index in [4.69, 9.17) is 5.73 Å². The molecule has 3 nitrogen and oxygen atoms in total. The van der Waals surface area contributed by atoms with Crippen molar-refractivity contribution in [2.24, 2.45) is 5.73 Å². The first-order valence-corrected chi connectivity index (χ1v) is 6.16. The normalized spacial score (nSPS) is 11.3. The molecule has 3 heteroatoms. The molecule has 18 heavy (non-hydrogen) atoms. The summed E-state index contributed by atoms with van der Waals surface area (Å²) in [5, 5.41) is 1.27. The summed E-state index contributed by atoms with van der Waals surface area (Å²) in [7, 11) is 0. The summed E-state index contributed by atoms with van der Waals surface area (Å²) < 4.78 is 0. The molecule has 3 rings (SSSR count). The van der Waals surface area contributed by atoms with Crippen LogP contribution in [0.1, 0.15) is 16.8 Å². The highest BCUT2D eigenvalue weighted by molar-refractivity contribution is 5.88. The van der Waals surface area contributed by atoms with Crippen LogP contribution in [0, 0.1) is 13.8 Å². The predicted octanol–water partition coefficient (Wildman–Crippen LogP) is 3.24. The molecule has 92 valence electrons. The van der Waals surface area contributed by atoms with Crippen LogP contribution in [0.5, 0.6) is 0 Å². The Hall–Kier alpha value is -2.00. The summed E-state index contributed by atoms with van der Waals surface area (Å²) in [4.78, 5) is 6.83. The van der Waals surface area contributed by atoms with E-state index in [9.17, 15) is 0 Å². The van der Waals surface area contributed by atoms with Gasteiger partial charge in [0.1, 0.15) is 0 Å².